The van der Waals surface area contributed by atoms with Crippen LogP contribution in [0.3, 0.4) is 0 Å². The minimum absolute atomic E-state index is 0.165. The van der Waals surface area contributed by atoms with Crippen LogP contribution in [-0.2, 0) is 4.79 Å². The molecule has 2 aromatic carbocycles. The molecular weight excluding hydrogens is 510 g/mol. The van der Waals surface area contributed by atoms with Gasteiger partial charge in [0.25, 0.3) is 11.8 Å². The van der Waals surface area contributed by atoms with Crippen molar-refractivity contribution in [3.8, 4) is 5.75 Å². The van der Waals surface area contributed by atoms with E-state index < -0.39 is 0 Å². The van der Waals surface area contributed by atoms with Crippen LogP contribution in [0.2, 0.25) is 0 Å². The second-order valence-corrected chi connectivity index (χ2v) is 10.6. The van der Waals surface area contributed by atoms with Gasteiger partial charge in [-0.2, -0.15) is 0 Å². The normalized spacial score (nSPS) is 20.6. The zero-order chi connectivity index (χ0) is 27.4. The lowest BCUT2D eigenvalue weighted by Gasteiger charge is -2.18. The molecule has 0 radical (unpaired) electrons. The summed E-state index contributed by atoms with van der Waals surface area (Å²) in [4.78, 5) is 37.7. The molecule has 0 spiro atoms. The van der Waals surface area contributed by atoms with Crippen LogP contribution in [0.1, 0.15) is 47.7 Å². The topological polar surface area (TPSA) is 95.9 Å². The van der Waals surface area contributed by atoms with Gasteiger partial charge < -0.3 is 20.3 Å². The molecule has 1 aliphatic heterocycles. The number of nitrogens with zero attached hydrogens (tertiary/aromatic N) is 3. The molecule has 3 aromatic rings. The van der Waals surface area contributed by atoms with Crippen LogP contribution in [0.25, 0.3) is 17.0 Å². The molecule has 1 aliphatic carbocycles. The van der Waals surface area contributed by atoms with E-state index in [-0.39, 0.29) is 17.9 Å². The van der Waals surface area contributed by atoms with Crippen molar-refractivity contribution in [3.63, 3.8) is 0 Å². The Morgan fingerprint density at radius 1 is 1.23 bits per heavy atom. The van der Waals surface area contributed by atoms with Gasteiger partial charge in [-0.05, 0) is 60.6 Å². The summed E-state index contributed by atoms with van der Waals surface area (Å²) < 4.78 is 5.67. The quantitative estimate of drug-likeness (QED) is 0.368. The molecule has 39 heavy (non-hydrogen) atoms. The van der Waals surface area contributed by atoms with Crippen molar-refractivity contribution in [3.05, 3.63) is 76.3 Å². The van der Waals surface area contributed by atoms with E-state index in [4.69, 9.17) is 9.73 Å². The van der Waals surface area contributed by atoms with Crippen molar-refractivity contribution in [2.24, 2.45) is 4.99 Å². The maximum atomic E-state index is 12.9. The van der Waals surface area contributed by atoms with Crippen LogP contribution in [0.15, 0.2) is 64.6 Å². The Bertz CT molecular complexity index is 1440. The number of aromatic nitrogens is 1. The number of rotatable bonds is 10. The summed E-state index contributed by atoms with van der Waals surface area (Å²) in [6.07, 6.45) is 4.38. The summed E-state index contributed by atoms with van der Waals surface area (Å²) in [5, 5.41) is 7.22. The van der Waals surface area contributed by atoms with Crippen LogP contribution in [-0.4, -0.2) is 66.2 Å². The fourth-order valence-corrected chi connectivity index (χ4v) is 5.67. The number of benzene rings is 2. The number of thioether (sulfide) groups is 1. The van der Waals surface area contributed by atoms with Gasteiger partial charge in [-0.3, -0.25) is 19.6 Å². The summed E-state index contributed by atoms with van der Waals surface area (Å²) in [6, 6.07) is 16.2. The van der Waals surface area contributed by atoms with Gasteiger partial charge in [-0.15, -0.1) is 0 Å². The van der Waals surface area contributed by atoms with Crippen molar-refractivity contribution in [2.75, 3.05) is 33.3 Å². The van der Waals surface area contributed by atoms with Gasteiger partial charge in [0.05, 0.1) is 23.6 Å². The molecule has 0 unspecified atom stereocenters. The fourth-order valence-electron chi connectivity index (χ4n) is 4.79. The van der Waals surface area contributed by atoms with Crippen LogP contribution >= 0.6 is 11.8 Å². The van der Waals surface area contributed by atoms with Gasteiger partial charge in [0.2, 0.25) is 0 Å². The molecule has 2 aliphatic rings. The van der Waals surface area contributed by atoms with Gasteiger partial charge in [-0.1, -0.05) is 50.2 Å². The molecule has 9 heteroatoms. The lowest BCUT2D eigenvalue weighted by molar-refractivity contribution is -0.115. The van der Waals surface area contributed by atoms with Crippen molar-refractivity contribution < 1.29 is 14.3 Å². The lowest BCUT2D eigenvalue weighted by atomic mass is 10.1. The Morgan fingerprint density at radius 2 is 2.03 bits per heavy atom. The molecule has 2 fully saturated rings. The van der Waals surface area contributed by atoms with Crippen LogP contribution in [0, 0.1) is 0 Å². The number of fused-ring (bicyclic) bond motifs is 1. The van der Waals surface area contributed by atoms with E-state index in [2.05, 4.69) is 46.5 Å². The predicted molar refractivity (Wildman–Crippen MR) is 157 cm³/mol. The van der Waals surface area contributed by atoms with Crippen LogP contribution < -0.4 is 15.4 Å². The Labute approximate surface area is 232 Å². The SMILES string of the molecule is CCN(CC)CCNC(=O)c1cnc2ccc(/C=C3\SC(=N[C@@H]4C[C@H]4c4ccccc4)NC3=O)cc2c1OC. The zero-order valence-corrected chi connectivity index (χ0v) is 23.3. The van der Waals surface area contributed by atoms with Crippen molar-refractivity contribution in [2.45, 2.75) is 32.2 Å². The van der Waals surface area contributed by atoms with E-state index in [1.54, 1.807) is 13.3 Å². The predicted octanol–water partition coefficient (Wildman–Crippen LogP) is 4.43. The number of methoxy groups -OCH3 is 1. The molecule has 1 saturated heterocycles. The molecule has 8 nitrogen and oxygen atoms in total. The molecule has 2 atom stereocenters. The van der Waals surface area contributed by atoms with E-state index in [0.29, 0.717) is 44.8 Å². The Morgan fingerprint density at radius 3 is 2.77 bits per heavy atom. The first-order chi connectivity index (χ1) is 19.0. The summed E-state index contributed by atoms with van der Waals surface area (Å²) in [6.45, 7) is 7.39. The molecule has 2 amide bonds. The number of likely N-dealkylation sites (N-methyl/N-ethyl adjacent to an activating group) is 1. The largest absolute Gasteiger partial charge is 0.495 e. The average Bonchev–Trinajstić information content (AvgIpc) is 3.64. The third-order valence-corrected chi connectivity index (χ3v) is 8.04. The van der Waals surface area contributed by atoms with Gasteiger partial charge >= 0.3 is 0 Å². The van der Waals surface area contributed by atoms with E-state index in [1.807, 2.05) is 42.5 Å². The number of ether oxygens (including phenoxy) is 1. The molecule has 1 saturated carbocycles. The van der Waals surface area contributed by atoms with Crippen molar-refractivity contribution >= 4 is 45.7 Å². The van der Waals surface area contributed by atoms with Crippen molar-refractivity contribution in [1.82, 2.24) is 20.5 Å². The summed E-state index contributed by atoms with van der Waals surface area (Å²) in [5.41, 5.74) is 3.19. The Balaban J connectivity index is 1.32. The Kier molecular flexibility index (Phi) is 8.28. The summed E-state index contributed by atoms with van der Waals surface area (Å²) in [7, 11) is 1.55. The van der Waals surface area contributed by atoms with Crippen LogP contribution in [0.4, 0.5) is 0 Å². The first-order valence-corrected chi connectivity index (χ1v) is 14.1. The molecule has 2 N–H and O–H groups in total. The Hall–Kier alpha value is -3.69. The smallest absolute Gasteiger partial charge is 0.264 e. The number of aliphatic imine (C=N–C) groups is 1. The van der Waals surface area contributed by atoms with Gasteiger partial charge in [-0.25, -0.2) is 0 Å². The standard InChI is InChI=1S/C30H33N5O3S/c1-4-35(5-2)14-13-31-28(36)23-18-32-24-12-11-19(15-22(24)27(23)38-3)16-26-29(37)34-30(39-26)33-25-17-21(25)20-9-7-6-8-10-20/h6-12,15-16,18,21,25H,4-5,13-14,17H2,1-3H3,(H,31,36)(H,33,34,37)/b26-16-/t21-,25+/m0/s1. The maximum absolute atomic E-state index is 12.9. The number of hydrogen-bond donors (Lipinski definition) is 2. The number of amidine groups is 1. The second kappa shape index (κ2) is 12.0. The number of nitrogens with one attached hydrogen (secondary N) is 2. The van der Waals surface area contributed by atoms with E-state index in [0.717, 1.165) is 31.6 Å². The third kappa shape index (κ3) is 6.15. The minimum atomic E-state index is -0.224. The van der Waals surface area contributed by atoms with E-state index in [1.165, 1.54) is 17.3 Å². The van der Waals surface area contributed by atoms with Crippen molar-refractivity contribution in [1.29, 1.82) is 0 Å². The monoisotopic (exact) mass is 543 g/mol. The highest BCUT2D eigenvalue weighted by molar-refractivity contribution is 8.18. The highest BCUT2D eigenvalue weighted by Crippen LogP contribution is 2.44. The minimum Gasteiger partial charge on any atom is -0.495 e. The third-order valence-electron chi connectivity index (χ3n) is 7.12. The zero-order valence-electron chi connectivity index (χ0n) is 22.4. The lowest BCUT2D eigenvalue weighted by Crippen LogP contribution is -2.35. The molecule has 5 rings (SSSR count). The molecule has 0 bridgehead atoms. The summed E-state index contributed by atoms with van der Waals surface area (Å²) >= 11 is 1.35. The average molecular weight is 544 g/mol. The number of pyridine rings is 1. The highest BCUT2D eigenvalue weighted by atomic mass is 32.2. The second-order valence-electron chi connectivity index (χ2n) is 9.58. The number of carbonyl (C=O) groups is 2. The molecular formula is C30H33N5O3S. The number of carbonyl (C=O) groups excluding carboxylic acids is 2. The fraction of sp³-hybridized carbons (Fsp3) is 0.333. The molecule has 1 aromatic heterocycles. The van der Waals surface area contributed by atoms with E-state index in [9.17, 15) is 9.59 Å². The number of hydrogen-bond acceptors (Lipinski definition) is 7. The van der Waals surface area contributed by atoms with E-state index >= 15 is 0 Å². The van der Waals surface area contributed by atoms with Crippen LogP contribution in [0.5, 0.6) is 5.75 Å². The first kappa shape index (κ1) is 26.9. The van der Waals surface area contributed by atoms with Gasteiger partial charge in [0.1, 0.15) is 11.3 Å². The maximum Gasteiger partial charge on any atom is 0.264 e. The first-order valence-electron chi connectivity index (χ1n) is 13.3. The number of amides is 2. The molecule has 2 heterocycles. The summed E-state index contributed by atoms with van der Waals surface area (Å²) in [5.74, 6) is 0.486. The van der Waals surface area contributed by atoms with Gasteiger partial charge in [0, 0.05) is 30.6 Å². The van der Waals surface area contributed by atoms with Gasteiger partial charge in [0.15, 0.2) is 5.17 Å². The highest BCUT2D eigenvalue weighted by Gasteiger charge is 2.39. The molecule has 202 valence electrons.